The van der Waals surface area contributed by atoms with E-state index in [1.54, 1.807) is 13.0 Å². The van der Waals surface area contributed by atoms with Crippen LogP contribution in [0.1, 0.15) is 28.4 Å². The third-order valence-corrected chi connectivity index (χ3v) is 2.03. The molecule has 0 saturated carbocycles. The number of esters is 1. The first-order valence-corrected chi connectivity index (χ1v) is 4.56. The predicted molar refractivity (Wildman–Crippen MR) is 54.1 cm³/mol. The van der Waals surface area contributed by atoms with Crippen LogP contribution in [0.15, 0.2) is 4.79 Å². The number of H-pyrrole nitrogens is 1. The monoisotopic (exact) mass is 222 g/mol. The van der Waals surface area contributed by atoms with E-state index in [0.29, 0.717) is 0 Å². The first kappa shape index (κ1) is 11.8. The minimum Gasteiger partial charge on any atom is -0.494 e. The topological polar surface area (TPSA) is 103 Å². The second-order valence-corrected chi connectivity index (χ2v) is 3.01. The molecule has 2 N–H and O–H groups in total. The van der Waals surface area contributed by atoms with Crippen molar-refractivity contribution in [3.8, 4) is 11.9 Å². The molecule has 0 unspecified atom stereocenters. The summed E-state index contributed by atoms with van der Waals surface area (Å²) in [5.41, 5.74) is -1.23. The number of hydrogen-bond donors (Lipinski definition) is 2. The van der Waals surface area contributed by atoms with Gasteiger partial charge in [0.2, 0.25) is 0 Å². The lowest BCUT2D eigenvalue weighted by Crippen LogP contribution is -2.19. The minimum absolute atomic E-state index is 0.120. The van der Waals surface area contributed by atoms with Crippen molar-refractivity contribution in [3.05, 3.63) is 27.0 Å². The van der Waals surface area contributed by atoms with Crippen LogP contribution in [0.4, 0.5) is 0 Å². The highest BCUT2D eigenvalue weighted by molar-refractivity contribution is 5.94. The number of aromatic nitrogens is 1. The number of nitrogens with zero attached hydrogens (tertiary/aromatic N) is 1. The molecule has 0 radical (unpaired) electrons. The van der Waals surface area contributed by atoms with Crippen molar-refractivity contribution < 1.29 is 14.6 Å². The molecule has 1 rings (SSSR count). The maximum absolute atomic E-state index is 11.5. The molecule has 6 heteroatoms. The van der Waals surface area contributed by atoms with Gasteiger partial charge in [-0.2, -0.15) is 5.26 Å². The molecule has 16 heavy (non-hydrogen) atoms. The lowest BCUT2D eigenvalue weighted by atomic mass is 10.1. The van der Waals surface area contributed by atoms with Gasteiger partial charge < -0.3 is 9.84 Å². The van der Waals surface area contributed by atoms with Crippen molar-refractivity contribution in [2.75, 3.05) is 6.61 Å². The average Bonchev–Trinajstić information content (AvgIpc) is 2.23. The van der Waals surface area contributed by atoms with E-state index < -0.39 is 17.4 Å². The number of hydrogen-bond acceptors (Lipinski definition) is 5. The fourth-order valence-corrected chi connectivity index (χ4v) is 1.25. The highest BCUT2D eigenvalue weighted by atomic mass is 16.5. The Hall–Kier alpha value is -2.29. The molecule has 0 aromatic carbocycles. The average molecular weight is 222 g/mol. The van der Waals surface area contributed by atoms with E-state index >= 15 is 0 Å². The number of nitriles is 1. The fraction of sp³-hybridized carbons (Fsp3) is 0.300. The zero-order valence-corrected chi connectivity index (χ0v) is 8.83. The number of pyridine rings is 1. The number of ether oxygens (including phenoxy) is 1. The van der Waals surface area contributed by atoms with Crippen molar-refractivity contribution >= 4 is 5.97 Å². The molecule has 84 valence electrons. The Morgan fingerprint density at radius 3 is 2.75 bits per heavy atom. The van der Waals surface area contributed by atoms with Gasteiger partial charge >= 0.3 is 5.97 Å². The molecule has 0 aliphatic rings. The number of carbonyl (C=O) groups is 1. The highest BCUT2D eigenvalue weighted by Gasteiger charge is 2.21. The normalized spacial score (nSPS) is 9.56. The zero-order valence-electron chi connectivity index (χ0n) is 8.83. The van der Waals surface area contributed by atoms with E-state index in [2.05, 4.69) is 4.98 Å². The van der Waals surface area contributed by atoms with E-state index in [9.17, 15) is 14.7 Å². The van der Waals surface area contributed by atoms with Gasteiger partial charge in [-0.3, -0.25) is 9.78 Å². The third-order valence-electron chi connectivity index (χ3n) is 2.03. The number of aromatic hydroxyl groups is 1. The molecule has 0 atom stereocenters. The first-order chi connectivity index (χ1) is 7.52. The number of rotatable bonds is 2. The summed E-state index contributed by atoms with van der Waals surface area (Å²) < 4.78 is 4.71. The molecule has 0 spiro atoms. The van der Waals surface area contributed by atoms with Crippen LogP contribution in [0, 0.1) is 18.3 Å². The molecule has 0 saturated heterocycles. The number of aromatic amines is 1. The Morgan fingerprint density at radius 1 is 1.62 bits per heavy atom. The summed E-state index contributed by atoms with van der Waals surface area (Å²) in [4.78, 5) is 24.9. The molecular formula is C10H10N2O4. The summed E-state index contributed by atoms with van der Waals surface area (Å²) in [7, 11) is 0. The molecule has 1 heterocycles. The van der Waals surface area contributed by atoms with Crippen LogP contribution in [0.3, 0.4) is 0 Å². The maximum Gasteiger partial charge on any atom is 0.340 e. The van der Waals surface area contributed by atoms with Gasteiger partial charge in [-0.1, -0.05) is 0 Å². The van der Waals surface area contributed by atoms with E-state index in [-0.39, 0.29) is 23.3 Å². The van der Waals surface area contributed by atoms with Crippen molar-refractivity contribution in [1.82, 2.24) is 4.98 Å². The predicted octanol–water partition coefficient (Wildman–Crippen LogP) is 0.437. The minimum atomic E-state index is -0.811. The molecular weight excluding hydrogens is 212 g/mol. The zero-order chi connectivity index (χ0) is 12.3. The molecule has 0 aliphatic heterocycles. The Balaban J connectivity index is 3.53. The van der Waals surface area contributed by atoms with E-state index in [4.69, 9.17) is 10.00 Å². The largest absolute Gasteiger partial charge is 0.494 e. The van der Waals surface area contributed by atoms with Crippen LogP contribution in [-0.2, 0) is 4.74 Å². The summed E-state index contributed by atoms with van der Waals surface area (Å²) in [6, 6.07) is 1.62. The van der Waals surface area contributed by atoms with Gasteiger partial charge in [-0.05, 0) is 13.8 Å². The van der Waals surface area contributed by atoms with Crippen LogP contribution in [0.5, 0.6) is 5.88 Å². The van der Waals surface area contributed by atoms with Crippen LogP contribution >= 0.6 is 0 Å². The Morgan fingerprint density at radius 2 is 2.25 bits per heavy atom. The lowest BCUT2D eigenvalue weighted by Gasteiger charge is -2.07. The third kappa shape index (κ3) is 1.88. The van der Waals surface area contributed by atoms with Gasteiger partial charge in [0, 0.05) is 5.56 Å². The quantitative estimate of drug-likeness (QED) is 0.706. The van der Waals surface area contributed by atoms with Crippen molar-refractivity contribution in [1.29, 1.82) is 5.26 Å². The van der Waals surface area contributed by atoms with E-state index in [1.165, 1.54) is 6.92 Å². The van der Waals surface area contributed by atoms with Gasteiger partial charge in [0.05, 0.1) is 12.2 Å². The first-order valence-electron chi connectivity index (χ1n) is 4.56. The summed E-state index contributed by atoms with van der Waals surface area (Å²) in [5, 5.41) is 18.1. The molecule has 0 amide bonds. The van der Waals surface area contributed by atoms with Crippen LogP contribution in [0.25, 0.3) is 0 Å². The smallest absolute Gasteiger partial charge is 0.340 e. The van der Waals surface area contributed by atoms with Gasteiger partial charge in [-0.25, -0.2) is 4.79 Å². The molecule has 6 nitrogen and oxygen atoms in total. The number of carbonyl (C=O) groups excluding carboxylic acids is 1. The molecule has 0 bridgehead atoms. The van der Waals surface area contributed by atoms with Gasteiger partial charge in [-0.15, -0.1) is 0 Å². The Bertz CT molecular complexity index is 525. The SMILES string of the molecule is CCOC(=O)c1c(C)c(O)[nH]c(=O)c1C#N. The molecule has 0 fully saturated rings. The van der Waals surface area contributed by atoms with E-state index in [0.717, 1.165) is 0 Å². The van der Waals surface area contributed by atoms with Crippen molar-refractivity contribution in [2.45, 2.75) is 13.8 Å². The Kier molecular flexibility index (Phi) is 3.30. The maximum atomic E-state index is 11.5. The van der Waals surface area contributed by atoms with Crippen molar-refractivity contribution in [2.24, 2.45) is 0 Å². The standard InChI is InChI=1S/C10H10N2O4/c1-3-16-10(15)7-5(2)8(13)12-9(14)6(7)4-11/h3H2,1-2H3,(H2,12,13,14). The molecule has 1 aromatic heterocycles. The summed E-state index contributed by atoms with van der Waals surface area (Å²) >= 11 is 0. The summed E-state index contributed by atoms with van der Waals surface area (Å²) in [6.45, 7) is 3.14. The van der Waals surface area contributed by atoms with Crippen LogP contribution in [0.2, 0.25) is 0 Å². The molecule has 0 aliphatic carbocycles. The second kappa shape index (κ2) is 4.49. The fourth-order valence-electron chi connectivity index (χ4n) is 1.25. The highest BCUT2D eigenvalue weighted by Crippen LogP contribution is 2.18. The van der Waals surface area contributed by atoms with Gasteiger partial charge in [0.25, 0.3) is 5.56 Å². The summed E-state index contributed by atoms with van der Waals surface area (Å²) in [5.74, 6) is -1.23. The lowest BCUT2D eigenvalue weighted by molar-refractivity contribution is 0.0524. The number of nitrogens with one attached hydrogen (secondary N) is 1. The van der Waals surface area contributed by atoms with Crippen LogP contribution < -0.4 is 5.56 Å². The van der Waals surface area contributed by atoms with Crippen molar-refractivity contribution in [3.63, 3.8) is 0 Å². The van der Waals surface area contributed by atoms with E-state index in [1.807, 2.05) is 0 Å². The summed E-state index contributed by atoms with van der Waals surface area (Å²) in [6.07, 6.45) is 0. The van der Waals surface area contributed by atoms with Crippen LogP contribution in [-0.4, -0.2) is 22.7 Å². The van der Waals surface area contributed by atoms with Gasteiger partial charge in [0.15, 0.2) is 5.88 Å². The van der Waals surface area contributed by atoms with Gasteiger partial charge in [0.1, 0.15) is 11.6 Å². The second-order valence-electron chi connectivity index (χ2n) is 3.01. The Labute approximate surface area is 91.1 Å². The molecule has 1 aromatic rings.